The number of nitrogens with one attached hydrogen (secondary N) is 1. The number of fused-ring (bicyclic) bond motifs is 3. The quantitative estimate of drug-likeness (QED) is 0.735. The number of rotatable bonds is 2. The van der Waals surface area contributed by atoms with E-state index in [1.807, 2.05) is 6.07 Å². The molecule has 88 valence electrons. The Morgan fingerprint density at radius 3 is 3.12 bits per heavy atom. The summed E-state index contributed by atoms with van der Waals surface area (Å²) in [6.45, 7) is -0.0238. The molecule has 0 aliphatic heterocycles. The fraction of sp³-hybridized carbons (Fsp3) is 0.250. The summed E-state index contributed by atoms with van der Waals surface area (Å²) in [7, 11) is 0. The summed E-state index contributed by atoms with van der Waals surface area (Å²) in [5, 5.41) is 18.3. The van der Waals surface area contributed by atoms with Crippen molar-refractivity contribution in [3.05, 3.63) is 35.3 Å². The molecule has 1 aliphatic rings. The number of carboxylic acids is 1. The first-order valence-corrected chi connectivity index (χ1v) is 5.35. The summed E-state index contributed by atoms with van der Waals surface area (Å²) in [4.78, 5) is 14.0. The van der Waals surface area contributed by atoms with Crippen LogP contribution in [-0.2, 0) is 6.42 Å². The highest BCUT2D eigenvalue weighted by atomic mass is 16.4. The van der Waals surface area contributed by atoms with Crippen LogP contribution in [0.5, 0.6) is 0 Å². The van der Waals surface area contributed by atoms with Gasteiger partial charge >= 0.3 is 5.97 Å². The minimum atomic E-state index is -1.09. The molecule has 1 unspecified atom stereocenters. The van der Waals surface area contributed by atoms with Crippen LogP contribution >= 0.6 is 0 Å². The van der Waals surface area contributed by atoms with E-state index in [1.165, 1.54) is 6.07 Å². The van der Waals surface area contributed by atoms with Gasteiger partial charge in [0.05, 0.1) is 6.61 Å². The van der Waals surface area contributed by atoms with Crippen molar-refractivity contribution in [2.24, 2.45) is 0 Å². The molecule has 2 aromatic heterocycles. The number of H-pyrrole nitrogens is 1. The van der Waals surface area contributed by atoms with Gasteiger partial charge in [-0.2, -0.15) is 0 Å². The van der Waals surface area contributed by atoms with Crippen molar-refractivity contribution >= 4 is 5.97 Å². The first-order chi connectivity index (χ1) is 8.20. The number of aliphatic hydroxyl groups excluding tert-OH is 1. The van der Waals surface area contributed by atoms with E-state index < -0.39 is 5.97 Å². The van der Waals surface area contributed by atoms with Crippen LogP contribution in [0.3, 0.4) is 0 Å². The molecule has 0 radical (unpaired) electrons. The van der Waals surface area contributed by atoms with E-state index >= 15 is 0 Å². The average Bonchev–Trinajstić information content (AvgIpc) is 2.92. The van der Waals surface area contributed by atoms with Crippen molar-refractivity contribution < 1.29 is 19.4 Å². The summed E-state index contributed by atoms with van der Waals surface area (Å²) in [5.74, 6) is -0.715. The van der Waals surface area contributed by atoms with Crippen molar-refractivity contribution in [2.75, 3.05) is 6.61 Å². The zero-order chi connectivity index (χ0) is 12.0. The third-order valence-electron chi connectivity index (χ3n) is 3.16. The molecule has 0 amide bonds. The van der Waals surface area contributed by atoms with Crippen molar-refractivity contribution in [3.8, 4) is 11.3 Å². The Labute approximate surface area is 96.7 Å². The topological polar surface area (TPSA) is 86.5 Å². The molecule has 2 aromatic rings. The van der Waals surface area contributed by atoms with Gasteiger partial charge in [0.15, 0.2) is 0 Å². The lowest BCUT2D eigenvalue weighted by Crippen LogP contribution is -2.12. The van der Waals surface area contributed by atoms with Crippen LogP contribution < -0.4 is 0 Å². The molecule has 0 saturated heterocycles. The van der Waals surface area contributed by atoms with E-state index in [4.69, 9.17) is 9.52 Å². The second-order valence-corrected chi connectivity index (χ2v) is 4.15. The lowest BCUT2D eigenvalue weighted by atomic mass is 9.87. The van der Waals surface area contributed by atoms with Gasteiger partial charge in [-0.25, -0.2) is 4.79 Å². The van der Waals surface area contributed by atoms with Crippen molar-refractivity contribution in [1.82, 2.24) is 4.98 Å². The molecule has 3 N–H and O–H groups in total. The van der Waals surface area contributed by atoms with Gasteiger partial charge in [0.1, 0.15) is 5.76 Å². The SMILES string of the molecule is O=C(O)c1cc2c(o1)-c1cc[nH]c1CC2CO. The first-order valence-electron chi connectivity index (χ1n) is 5.35. The predicted octanol–water partition coefficient (Wildman–Crippen LogP) is 1.60. The molecule has 0 bridgehead atoms. The first kappa shape index (κ1) is 10.2. The summed E-state index contributed by atoms with van der Waals surface area (Å²) in [6, 6.07) is 3.37. The van der Waals surface area contributed by atoms with E-state index in [0.29, 0.717) is 12.2 Å². The molecular formula is C12H11NO4. The molecule has 1 aliphatic carbocycles. The van der Waals surface area contributed by atoms with Crippen molar-refractivity contribution in [1.29, 1.82) is 0 Å². The van der Waals surface area contributed by atoms with E-state index in [1.54, 1.807) is 6.20 Å². The highest BCUT2D eigenvalue weighted by Gasteiger charge is 2.30. The van der Waals surface area contributed by atoms with Gasteiger partial charge in [-0.15, -0.1) is 0 Å². The molecule has 0 aromatic carbocycles. The minimum Gasteiger partial charge on any atom is -0.475 e. The van der Waals surface area contributed by atoms with Crippen LogP contribution in [0.4, 0.5) is 0 Å². The number of aromatic amines is 1. The number of aliphatic hydroxyl groups is 1. The number of aromatic carboxylic acids is 1. The third-order valence-corrected chi connectivity index (χ3v) is 3.16. The van der Waals surface area contributed by atoms with Crippen LogP contribution in [0.25, 0.3) is 11.3 Å². The van der Waals surface area contributed by atoms with Gasteiger partial charge in [-0.05, 0) is 18.6 Å². The summed E-state index contributed by atoms with van der Waals surface area (Å²) < 4.78 is 5.35. The van der Waals surface area contributed by atoms with Crippen LogP contribution in [0.1, 0.15) is 27.7 Å². The normalized spacial score (nSPS) is 17.6. The van der Waals surface area contributed by atoms with E-state index in [9.17, 15) is 9.90 Å². The lowest BCUT2D eigenvalue weighted by Gasteiger charge is -2.19. The number of hydrogen-bond acceptors (Lipinski definition) is 3. The van der Waals surface area contributed by atoms with E-state index in [0.717, 1.165) is 16.8 Å². The largest absolute Gasteiger partial charge is 0.475 e. The number of carboxylic acid groups (broad SMARTS) is 1. The number of furan rings is 1. The average molecular weight is 233 g/mol. The van der Waals surface area contributed by atoms with Crippen molar-refractivity contribution in [2.45, 2.75) is 12.3 Å². The molecular weight excluding hydrogens is 222 g/mol. The molecule has 3 rings (SSSR count). The Kier molecular flexibility index (Phi) is 2.09. The Balaban J connectivity index is 2.20. The lowest BCUT2D eigenvalue weighted by molar-refractivity contribution is 0.0663. The number of aromatic nitrogens is 1. The standard InChI is InChI=1S/C12H11NO4/c14-5-6-3-9-7(1-2-13-9)11-8(6)4-10(17-11)12(15)16/h1-2,4,6,13-14H,3,5H2,(H,15,16). The number of hydrogen-bond donors (Lipinski definition) is 3. The summed E-state index contributed by atoms with van der Waals surface area (Å²) in [6.07, 6.45) is 2.46. The zero-order valence-electron chi connectivity index (χ0n) is 8.93. The molecule has 0 saturated carbocycles. The maximum atomic E-state index is 10.9. The van der Waals surface area contributed by atoms with Gasteiger partial charge in [0.2, 0.25) is 5.76 Å². The smallest absolute Gasteiger partial charge is 0.371 e. The Bertz CT molecular complexity index is 581. The van der Waals surface area contributed by atoms with Crippen LogP contribution in [0.2, 0.25) is 0 Å². The van der Waals surface area contributed by atoms with E-state index in [-0.39, 0.29) is 18.3 Å². The fourth-order valence-electron chi connectivity index (χ4n) is 2.33. The molecule has 0 spiro atoms. The molecule has 0 fully saturated rings. The summed E-state index contributed by atoms with van der Waals surface area (Å²) >= 11 is 0. The van der Waals surface area contributed by atoms with Gasteiger partial charge in [0, 0.05) is 28.9 Å². The Morgan fingerprint density at radius 1 is 1.59 bits per heavy atom. The van der Waals surface area contributed by atoms with Gasteiger partial charge in [0.25, 0.3) is 0 Å². The highest BCUT2D eigenvalue weighted by molar-refractivity contribution is 5.86. The Morgan fingerprint density at radius 2 is 2.41 bits per heavy atom. The molecule has 5 heteroatoms. The van der Waals surface area contributed by atoms with Crippen LogP contribution in [0.15, 0.2) is 22.7 Å². The summed E-state index contributed by atoms with van der Waals surface area (Å²) in [5.41, 5.74) is 2.64. The van der Waals surface area contributed by atoms with Crippen LogP contribution in [-0.4, -0.2) is 27.8 Å². The Hall–Kier alpha value is -2.01. The maximum Gasteiger partial charge on any atom is 0.371 e. The monoisotopic (exact) mass is 233 g/mol. The zero-order valence-corrected chi connectivity index (χ0v) is 8.93. The second-order valence-electron chi connectivity index (χ2n) is 4.15. The molecule has 2 heterocycles. The van der Waals surface area contributed by atoms with Gasteiger partial charge in [-0.1, -0.05) is 0 Å². The van der Waals surface area contributed by atoms with Gasteiger partial charge < -0.3 is 19.6 Å². The van der Waals surface area contributed by atoms with E-state index in [2.05, 4.69) is 4.98 Å². The van der Waals surface area contributed by atoms with Gasteiger partial charge in [-0.3, -0.25) is 0 Å². The second kappa shape index (κ2) is 3.49. The minimum absolute atomic E-state index is 0.0238. The maximum absolute atomic E-state index is 10.9. The highest BCUT2D eigenvalue weighted by Crippen LogP contribution is 2.40. The predicted molar refractivity (Wildman–Crippen MR) is 59.0 cm³/mol. The molecule has 1 atom stereocenters. The number of carbonyl (C=O) groups is 1. The third kappa shape index (κ3) is 1.39. The molecule has 17 heavy (non-hydrogen) atoms. The van der Waals surface area contributed by atoms with Crippen molar-refractivity contribution in [3.63, 3.8) is 0 Å². The fourth-order valence-corrected chi connectivity index (χ4v) is 2.33. The molecule has 5 nitrogen and oxygen atoms in total. The van der Waals surface area contributed by atoms with Crippen LogP contribution in [0, 0.1) is 0 Å².